The van der Waals surface area contributed by atoms with Crippen molar-refractivity contribution >= 4 is 22.5 Å². The lowest BCUT2D eigenvalue weighted by molar-refractivity contribution is -0.385. The monoisotopic (exact) mass is 493 g/mol. The molecule has 10 nitrogen and oxygen atoms in total. The number of anilines is 1. The molecule has 0 amide bonds. The third-order valence-corrected chi connectivity index (χ3v) is 5.66. The minimum Gasteiger partial charge on any atom is -0.482 e. The van der Waals surface area contributed by atoms with Crippen LogP contribution in [0.5, 0.6) is 5.75 Å². The van der Waals surface area contributed by atoms with E-state index in [1.807, 2.05) is 0 Å². The Hall–Kier alpha value is -3.74. The maximum Gasteiger partial charge on any atom is 0.416 e. The Balaban J connectivity index is 1.77. The lowest BCUT2D eigenvalue weighted by atomic mass is 10.0. The highest BCUT2D eigenvalue weighted by Gasteiger charge is 2.33. The number of halogens is 3. The van der Waals surface area contributed by atoms with Gasteiger partial charge in [0.1, 0.15) is 23.4 Å². The molecule has 0 radical (unpaired) electrons. The van der Waals surface area contributed by atoms with Crippen molar-refractivity contribution in [1.29, 1.82) is 0 Å². The van der Waals surface area contributed by atoms with Gasteiger partial charge in [-0.2, -0.15) is 13.2 Å². The fourth-order valence-corrected chi connectivity index (χ4v) is 3.83. The summed E-state index contributed by atoms with van der Waals surface area (Å²) in [5, 5.41) is 14.6. The Bertz CT molecular complexity index is 1350. The molecule has 0 unspecified atom stereocenters. The third kappa shape index (κ3) is 5.04. The molecule has 3 aromatic rings. The number of ether oxygens (including phenoxy) is 2. The molecular weight excluding hydrogens is 471 g/mol. The number of nitrogens with one attached hydrogen (secondary N) is 1. The summed E-state index contributed by atoms with van der Waals surface area (Å²) in [5.41, 5.74) is -1.88. The minimum atomic E-state index is -4.76. The highest BCUT2D eigenvalue weighted by molar-refractivity contribution is 5.88. The Kier molecular flexibility index (Phi) is 6.36. The summed E-state index contributed by atoms with van der Waals surface area (Å²) in [5.74, 6) is 0.617. The summed E-state index contributed by atoms with van der Waals surface area (Å²) < 4.78 is 52.4. The fraction of sp³-hybridized carbons (Fsp3) is 0.409. The second kappa shape index (κ2) is 9.13. The number of rotatable bonds is 6. The van der Waals surface area contributed by atoms with Gasteiger partial charge in [-0.25, -0.2) is 9.97 Å². The van der Waals surface area contributed by atoms with E-state index in [1.54, 1.807) is 13.8 Å². The summed E-state index contributed by atoms with van der Waals surface area (Å²) in [4.78, 5) is 31.9. The lowest BCUT2D eigenvalue weighted by Crippen LogP contribution is -2.25. The minimum absolute atomic E-state index is 0.0420. The molecule has 1 aromatic carbocycles. The topological polar surface area (TPSA) is 121 Å². The van der Waals surface area contributed by atoms with Crippen LogP contribution in [0.4, 0.5) is 24.7 Å². The number of aryl methyl sites for hydroxylation is 2. The highest BCUT2D eigenvalue weighted by atomic mass is 19.4. The average molecular weight is 493 g/mol. The quantitative estimate of drug-likeness (QED) is 0.405. The van der Waals surface area contributed by atoms with Gasteiger partial charge in [0.15, 0.2) is 5.75 Å². The second-order valence-corrected chi connectivity index (χ2v) is 8.27. The van der Waals surface area contributed by atoms with Crippen LogP contribution in [-0.2, 0) is 18.0 Å². The molecule has 186 valence electrons. The Morgan fingerprint density at radius 3 is 2.66 bits per heavy atom. The molecule has 0 aliphatic carbocycles. The van der Waals surface area contributed by atoms with E-state index < -0.39 is 34.0 Å². The normalized spacial score (nSPS) is 16.9. The van der Waals surface area contributed by atoms with Crippen LogP contribution in [0.1, 0.15) is 36.3 Å². The van der Waals surface area contributed by atoms with Crippen LogP contribution in [0.3, 0.4) is 0 Å². The number of benzene rings is 1. The first-order chi connectivity index (χ1) is 16.4. The number of hydrogen-bond acceptors (Lipinski definition) is 8. The molecule has 1 aliphatic heterocycles. The third-order valence-electron chi connectivity index (χ3n) is 5.66. The Morgan fingerprint density at radius 2 is 2.03 bits per heavy atom. The van der Waals surface area contributed by atoms with Crippen LogP contribution in [0, 0.1) is 17.0 Å². The van der Waals surface area contributed by atoms with Gasteiger partial charge in [0, 0.05) is 31.7 Å². The largest absolute Gasteiger partial charge is 0.482 e. The van der Waals surface area contributed by atoms with E-state index in [0.29, 0.717) is 42.6 Å². The molecular formula is C22H22F3N5O5. The van der Waals surface area contributed by atoms with Crippen molar-refractivity contribution < 1.29 is 27.6 Å². The van der Waals surface area contributed by atoms with E-state index in [1.165, 1.54) is 17.7 Å². The number of pyridine rings is 1. The number of fused-ring (bicyclic) bond motifs is 1. The molecule has 1 fully saturated rings. The molecule has 35 heavy (non-hydrogen) atoms. The lowest BCUT2D eigenvalue weighted by Gasteiger charge is -2.19. The van der Waals surface area contributed by atoms with Gasteiger partial charge in [-0.15, -0.1) is 0 Å². The number of alkyl halides is 3. The average Bonchev–Trinajstić information content (AvgIpc) is 3.30. The summed E-state index contributed by atoms with van der Waals surface area (Å²) in [7, 11) is 1.53. The van der Waals surface area contributed by atoms with Gasteiger partial charge in [-0.3, -0.25) is 19.5 Å². The molecule has 1 saturated heterocycles. The summed E-state index contributed by atoms with van der Waals surface area (Å²) in [6.07, 6.45) is -4.41. The van der Waals surface area contributed by atoms with E-state index in [4.69, 9.17) is 9.47 Å². The van der Waals surface area contributed by atoms with Crippen molar-refractivity contribution in [2.24, 2.45) is 7.05 Å². The van der Waals surface area contributed by atoms with Crippen LogP contribution in [-0.4, -0.2) is 38.8 Å². The van der Waals surface area contributed by atoms with E-state index >= 15 is 0 Å². The van der Waals surface area contributed by atoms with Gasteiger partial charge < -0.3 is 14.8 Å². The number of nitro groups is 1. The number of aromatic nitrogens is 3. The van der Waals surface area contributed by atoms with Gasteiger partial charge in [0.05, 0.1) is 35.1 Å². The smallest absolute Gasteiger partial charge is 0.416 e. The second-order valence-electron chi connectivity index (χ2n) is 8.27. The molecule has 0 spiro atoms. The van der Waals surface area contributed by atoms with Crippen molar-refractivity contribution in [1.82, 2.24) is 14.5 Å². The number of non-ortho nitro benzene ring substituents is 1. The molecule has 13 heteroatoms. The predicted molar refractivity (Wildman–Crippen MR) is 120 cm³/mol. The van der Waals surface area contributed by atoms with Gasteiger partial charge >= 0.3 is 6.18 Å². The molecule has 2 atom stereocenters. The summed E-state index contributed by atoms with van der Waals surface area (Å²) in [6.45, 7) is 4.03. The van der Waals surface area contributed by atoms with Gasteiger partial charge in [-0.05, 0) is 25.5 Å². The predicted octanol–water partition coefficient (Wildman–Crippen LogP) is 3.90. The van der Waals surface area contributed by atoms with Crippen LogP contribution in [0.25, 0.3) is 11.0 Å². The zero-order valence-electron chi connectivity index (χ0n) is 19.0. The highest BCUT2D eigenvalue weighted by Crippen LogP contribution is 2.35. The van der Waals surface area contributed by atoms with Crippen LogP contribution >= 0.6 is 0 Å². The zero-order valence-corrected chi connectivity index (χ0v) is 19.0. The number of nitro benzene ring substituents is 1. The first-order valence-electron chi connectivity index (χ1n) is 10.7. The molecule has 3 heterocycles. The van der Waals surface area contributed by atoms with E-state index in [9.17, 15) is 28.1 Å². The van der Waals surface area contributed by atoms with Crippen LogP contribution in [0.2, 0.25) is 0 Å². The van der Waals surface area contributed by atoms with Crippen molar-refractivity contribution in [3.8, 4) is 5.75 Å². The summed E-state index contributed by atoms with van der Waals surface area (Å²) >= 11 is 0. The van der Waals surface area contributed by atoms with E-state index in [0.717, 1.165) is 12.1 Å². The number of nitrogens with zero attached hydrogens (tertiary/aromatic N) is 4. The first-order valence-corrected chi connectivity index (χ1v) is 10.7. The van der Waals surface area contributed by atoms with Crippen LogP contribution in [0.15, 0.2) is 29.1 Å². The molecule has 2 aromatic heterocycles. The van der Waals surface area contributed by atoms with E-state index in [2.05, 4.69) is 15.3 Å². The first kappa shape index (κ1) is 24.4. The molecule has 0 bridgehead atoms. The maximum absolute atomic E-state index is 13.3. The zero-order chi connectivity index (χ0) is 25.5. The van der Waals surface area contributed by atoms with Gasteiger partial charge in [-0.1, -0.05) is 0 Å². The molecule has 4 rings (SSSR count). The van der Waals surface area contributed by atoms with Crippen molar-refractivity contribution in [3.63, 3.8) is 0 Å². The molecule has 1 N–H and O–H groups in total. The van der Waals surface area contributed by atoms with Gasteiger partial charge in [0.2, 0.25) is 0 Å². The fourth-order valence-electron chi connectivity index (χ4n) is 3.83. The molecule has 1 aliphatic rings. The summed E-state index contributed by atoms with van der Waals surface area (Å²) in [6, 6.07) is 3.10. The Morgan fingerprint density at radius 1 is 1.29 bits per heavy atom. The van der Waals surface area contributed by atoms with Crippen LogP contribution < -0.4 is 15.6 Å². The van der Waals surface area contributed by atoms with Crippen molar-refractivity contribution in [2.45, 2.75) is 38.6 Å². The number of hydrogen-bond donors (Lipinski definition) is 1. The van der Waals surface area contributed by atoms with Gasteiger partial charge in [0.25, 0.3) is 11.2 Å². The van der Waals surface area contributed by atoms with Crippen molar-refractivity contribution in [3.05, 3.63) is 61.7 Å². The standard InChI is InChI=1S/C22H22F3N5O5/c1-11(13-6-14(22(23,24)25)8-15(7-13)30(32)33)26-19-17-9-18(35-16-4-5-34-10-16)21(31)29(3)20(17)28-12(2)27-19/h6-9,11,16H,4-5,10H2,1-3H3,(H,26,27,28)/t11-,16+/m1/s1. The maximum atomic E-state index is 13.3. The SMILES string of the molecule is Cc1nc(N[C@H](C)c2cc([N+](=O)[O-])cc(C(F)(F)F)c2)c2cc(O[C@H]3CCOC3)c(=O)n(C)c2n1. The van der Waals surface area contributed by atoms with Crippen molar-refractivity contribution in [2.75, 3.05) is 18.5 Å². The Labute approximate surface area is 196 Å². The molecule has 0 saturated carbocycles. The van der Waals surface area contributed by atoms with E-state index in [-0.39, 0.29) is 23.2 Å².